The Morgan fingerprint density at radius 1 is 1.43 bits per heavy atom. The summed E-state index contributed by atoms with van der Waals surface area (Å²) in [4.78, 5) is 10.6. The Labute approximate surface area is 86.3 Å². The molecule has 0 bridgehead atoms. The Hall–Kier alpha value is -0.850. The molecule has 0 aliphatic rings. The van der Waals surface area contributed by atoms with E-state index in [1.165, 1.54) is 26.2 Å². The lowest BCUT2D eigenvalue weighted by molar-refractivity contribution is 0.105. The summed E-state index contributed by atoms with van der Waals surface area (Å²) in [5, 5.41) is -1.13. The second-order valence-corrected chi connectivity index (χ2v) is 5.11. The maximum atomic E-state index is 11.4. The van der Waals surface area contributed by atoms with Crippen molar-refractivity contribution in [3.8, 4) is 0 Å². The van der Waals surface area contributed by atoms with Crippen LogP contribution in [0.2, 0.25) is 0 Å². The van der Waals surface area contributed by atoms with Gasteiger partial charge in [0.15, 0.2) is 5.76 Å². The first-order chi connectivity index (χ1) is 6.35. The van der Waals surface area contributed by atoms with Gasteiger partial charge >= 0.3 is 0 Å². The van der Waals surface area contributed by atoms with Gasteiger partial charge in [0.1, 0.15) is 0 Å². The number of carbonyl (C=O) groups is 1. The molecule has 0 saturated heterocycles. The van der Waals surface area contributed by atoms with E-state index in [2.05, 4.69) is 0 Å². The van der Waals surface area contributed by atoms with Crippen molar-refractivity contribution < 1.29 is 17.6 Å². The summed E-state index contributed by atoms with van der Waals surface area (Å²) >= 11 is 5.11. The summed E-state index contributed by atoms with van der Waals surface area (Å²) in [6, 6.07) is 2.40. The Kier molecular flexibility index (Phi) is 2.98. The number of sulfonamides is 1. The molecule has 0 aromatic carbocycles. The lowest BCUT2D eigenvalue weighted by Crippen LogP contribution is -2.21. The van der Waals surface area contributed by atoms with Crippen molar-refractivity contribution in [3.63, 3.8) is 0 Å². The molecule has 0 fully saturated rings. The third kappa shape index (κ3) is 1.97. The van der Waals surface area contributed by atoms with Gasteiger partial charge in [0, 0.05) is 14.1 Å². The third-order valence-electron chi connectivity index (χ3n) is 1.51. The fraction of sp³-hybridized carbons (Fsp3) is 0.286. The molecule has 0 N–H and O–H groups in total. The van der Waals surface area contributed by atoms with Crippen LogP contribution in [0.15, 0.2) is 21.6 Å². The Balaban J connectivity index is 3.16. The zero-order valence-corrected chi connectivity index (χ0v) is 9.09. The second kappa shape index (κ2) is 3.72. The lowest BCUT2D eigenvalue weighted by Gasteiger charge is -2.07. The van der Waals surface area contributed by atoms with Crippen molar-refractivity contribution in [2.75, 3.05) is 14.1 Å². The maximum absolute atomic E-state index is 11.4. The minimum Gasteiger partial charge on any atom is -0.439 e. The van der Waals surface area contributed by atoms with Gasteiger partial charge in [-0.3, -0.25) is 4.79 Å². The minimum absolute atomic E-state index is 0.188. The normalized spacial score (nSPS) is 12.0. The fourth-order valence-electron chi connectivity index (χ4n) is 0.744. The largest absolute Gasteiger partial charge is 0.439 e. The fourth-order valence-corrected chi connectivity index (χ4v) is 1.64. The Morgan fingerprint density at radius 2 is 2.00 bits per heavy atom. The van der Waals surface area contributed by atoms with Crippen LogP contribution in [0.5, 0.6) is 0 Å². The summed E-state index contributed by atoms with van der Waals surface area (Å²) in [7, 11) is -0.911. The molecule has 78 valence electrons. The van der Waals surface area contributed by atoms with E-state index in [4.69, 9.17) is 16.0 Å². The number of nitrogens with zero attached hydrogens (tertiary/aromatic N) is 1. The highest BCUT2D eigenvalue weighted by Crippen LogP contribution is 2.17. The molecule has 1 rings (SSSR count). The summed E-state index contributed by atoms with van der Waals surface area (Å²) in [6.45, 7) is 0. The van der Waals surface area contributed by atoms with Gasteiger partial charge in [-0.15, -0.1) is 0 Å². The van der Waals surface area contributed by atoms with Crippen LogP contribution in [-0.2, 0) is 10.0 Å². The molecule has 14 heavy (non-hydrogen) atoms. The molecule has 0 unspecified atom stereocenters. The monoisotopic (exact) mass is 237 g/mol. The van der Waals surface area contributed by atoms with Crippen molar-refractivity contribution in [3.05, 3.63) is 17.9 Å². The number of carbonyl (C=O) groups excluding carboxylic acids is 1. The van der Waals surface area contributed by atoms with E-state index in [0.717, 1.165) is 4.31 Å². The summed E-state index contributed by atoms with van der Waals surface area (Å²) in [5.74, 6) is -0.188. The SMILES string of the molecule is CN(C)S(=O)(=O)c1ccc(C(=O)Cl)o1. The number of furan rings is 1. The van der Waals surface area contributed by atoms with Crippen molar-refractivity contribution in [1.29, 1.82) is 0 Å². The summed E-state index contributed by atoms with van der Waals surface area (Å²) < 4.78 is 28.6. The molecule has 0 atom stereocenters. The van der Waals surface area contributed by atoms with Gasteiger partial charge in [-0.25, -0.2) is 12.7 Å². The first-order valence-corrected chi connectivity index (χ1v) is 5.39. The number of hydrogen-bond acceptors (Lipinski definition) is 4. The summed E-state index contributed by atoms with van der Waals surface area (Å²) in [6.07, 6.45) is 0. The van der Waals surface area contributed by atoms with Crippen molar-refractivity contribution in [1.82, 2.24) is 4.31 Å². The van der Waals surface area contributed by atoms with E-state index < -0.39 is 15.3 Å². The van der Waals surface area contributed by atoms with Gasteiger partial charge in [-0.05, 0) is 23.7 Å². The standard InChI is InChI=1S/C7H8ClNO4S/c1-9(2)14(11,12)6-4-3-5(13-6)7(8)10/h3-4H,1-2H3. The number of halogens is 1. The van der Waals surface area contributed by atoms with E-state index in [9.17, 15) is 13.2 Å². The molecule has 0 amide bonds. The van der Waals surface area contributed by atoms with Crippen LogP contribution < -0.4 is 0 Å². The van der Waals surface area contributed by atoms with E-state index >= 15 is 0 Å². The molecular formula is C7H8ClNO4S. The number of rotatable bonds is 3. The topological polar surface area (TPSA) is 67.6 Å². The Bertz CT molecular complexity index is 448. The minimum atomic E-state index is -3.63. The highest BCUT2D eigenvalue weighted by molar-refractivity contribution is 7.88. The average molecular weight is 238 g/mol. The quantitative estimate of drug-likeness (QED) is 0.733. The molecule has 0 radical (unpaired) electrons. The van der Waals surface area contributed by atoms with Gasteiger partial charge in [0.05, 0.1) is 0 Å². The van der Waals surface area contributed by atoms with Gasteiger partial charge in [0.25, 0.3) is 15.3 Å². The highest BCUT2D eigenvalue weighted by atomic mass is 35.5. The van der Waals surface area contributed by atoms with E-state index in [0.29, 0.717) is 0 Å². The van der Waals surface area contributed by atoms with Gasteiger partial charge < -0.3 is 4.42 Å². The molecule has 5 nitrogen and oxygen atoms in total. The Morgan fingerprint density at radius 3 is 2.36 bits per heavy atom. The van der Waals surface area contributed by atoms with Crippen LogP contribution in [0, 0.1) is 0 Å². The molecule has 7 heteroatoms. The van der Waals surface area contributed by atoms with E-state index in [1.807, 2.05) is 0 Å². The predicted octanol–water partition coefficient (Wildman–Crippen LogP) is 0.909. The van der Waals surface area contributed by atoms with Gasteiger partial charge in [-0.2, -0.15) is 0 Å². The van der Waals surface area contributed by atoms with Crippen molar-refractivity contribution in [2.24, 2.45) is 0 Å². The lowest BCUT2D eigenvalue weighted by atomic mass is 10.5. The molecule has 0 aliphatic carbocycles. The third-order valence-corrected chi connectivity index (χ3v) is 3.39. The molecule has 0 saturated carbocycles. The maximum Gasteiger partial charge on any atom is 0.287 e. The van der Waals surface area contributed by atoms with Crippen LogP contribution in [0.4, 0.5) is 0 Å². The predicted molar refractivity (Wildman–Crippen MR) is 49.8 cm³/mol. The van der Waals surface area contributed by atoms with Crippen LogP contribution in [0.1, 0.15) is 10.6 Å². The van der Waals surface area contributed by atoms with Gasteiger partial charge in [-0.1, -0.05) is 0 Å². The first kappa shape index (κ1) is 11.2. The summed E-state index contributed by atoms with van der Waals surface area (Å²) in [5.41, 5.74) is 0. The van der Waals surface area contributed by atoms with Crippen LogP contribution in [-0.4, -0.2) is 32.1 Å². The van der Waals surface area contributed by atoms with Crippen LogP contribution in [0.25, 0.3) is 0 Å². The van der Waals surface area contributed by atoms with Crippen molar-refractivity contribution >= 4 is 26.9 Å². The smallest absolute Gasteiger partial charge is 0.287 e. The first-order valence-electron chi connectivity index (χ1n) is 3.58. The molecule has 0 spiro atoms. The van der Waals surface area contributed by atoms with Crippen LogP contribution in [0.3, 0.4) is 0 Å². The second-order valence-electron chi connectivity index (χ2n) is 2.68. The zero-order valence-electron chi connectivity index (χ0n) is 7.52. The van der Waals surface area contributed by atoms with Crippen LogP contribution >= 0.6 is 11.6 Å². The molecular weight excluding hydrogens is 230 g/mol. The van der Waals surface area contributed by atoms with E-state index in [-0.39, 0.29) is 10.9 Å². The average Bonchev–Trinajstić information content (AvgIpc) is 2.51. The van der Waals surface area contributed by atoms with Crippen molar-refractivity contribution in [2.45, 2.75) is 5.09 Å². The highest BCUT2D eigenvalue weighted by Gasteiger charge is 2.22. The number of hydrogen-bond donors (Lipinski definition) is 0. The molecule has 1 heterocycles. The molecule has 1 aromatic heterocycles. The molecule has 1 aromatic rings. The van der Waals surface area contributed by atoms with E-state index in [1.54, 1.807) is 0 Å². The molecule has 0 aliphatic heterocycles. The zero-order chi connectivity index (χ0) is 10.9. The van der Waals surface area contributed by atoms with Gasteiger partial charge in [0.2, 0.25) is 5.09 Å².